The number of nitrogens with zero attached hydrogens (tertiary/aromatic N) is 6. The molecule has 0 N–H and O–H groups in total. The maximum Gasteiger partial charge on any atom is 4.00 e. The van der Waals surface area contributed by atoms with Crippen LogP contribution in [-0.2, 0) is 21.7 Å². The first-order valence-electron chi connectivity index (χ1n) is 16.0. The molecule has 0 aromatic heterocycles. The van der Waals surface area contributed by atoms with Crippen LogP contribution >= 0.6 is 0 Å². The predicted molar refractivity (Wildman–Crippen MR) is 200 cm³/mol. The second-order valence-corrected chi connectivity index (χ2v) is 11.8. The van der Waals surface area contributed by atoms with Crippen LogP contribution in [0.2, 0.25) is 0 Å². The van der Waals surface area contributed by atoms with Gasteiger partial charge >= 0.3 is 21.7 Å². The summed E-state index contributed by atoms with van der Waals surface area (Å²) in [5.74, 6) is 1.95. The fourth-order valence-electron chi connectivity index (χ4n) is 5.48. The van der Waals surface area contributed by atoms with Crippen LogP contribution in [0.3, 0.4) is 0 Å². The molecule has 0 bridgehead atoms. The maximum absolute atomic E-state index is 4.76. The molecule has 4 aromatic carbocycles. The minimum atomic E-state index is 0. The van der Waals surface area contributed by atoms with Crippen molar-refractivity contribution < 1.29 is 21.7 Å². The summed E-state index contributed by atoms with van der Waals surface area (Å²) in [7, 11) is 7.00. The van der Waals surface area contributed by atoms with E-state index in [9.17, 15) is 0 Å². The first-order valence-corrected chi connectivity index (χ1v) is 16.0. The molecule has 0 spiro atoms. The average Bonchev–Trinajstić information content (AvgIpc) is 3.68. The van der Waals surface area contributed by atoms with Crippen LogP contribution in [0.5, 0.6) is 0 Å². The van der Waals surface area contributed by atoms with Gasteiger partial charge in [0.1, 0.15) is 0 Å². The molecule has 244 valence electrons. The van der Waals surface area contributed by atoms with Gasteiger partial charge in [-0.15, -0.1) is 0 Å². The van der Waals surface area contributed by atoms with Crippen molar-refractivity contribution >= 4 is 23.0 Å². The third-order valence-corrected chi connectivity index (χ3v) is 7.19. The number of hydrogen-bond donors (Lipinski definition) is 0. The summed E-state index contributed by atoms with van der Waals surface area (Å²) in [5.41, 5.74) is 9.63. The molecule has 4 aromatic rings. The molecule has 0 radical (unpaired) electrons. The number of rotatable bonds is 4. The molecule has 47 heavy (non-hydrogen) atoms. The van der Waals surface area contributed by atoms with Gasteiger partial charge in [-0.2, -0.15) is 28.2 Å². The van der Waals surface area contributed by atoms with Gasteiger partial charge in [0.25, 0.3) is 0 Å². The molecule has 1 saturated heterocycles. The van der Waals surface area contributed by atoms with Crippen LogP contribution < -0.4 is 0 Å². The van der Waals surface area contributed by atoms with Gasteiger partial charge in [-0.05, 0) is 88.0 Å². The van der Waals surface area contributed by atoms with E-state index in [2.05, 4.69) is 123 Å². The zero-order valence-electron chi connectivity index (χ0n) is 29.4. The fraction of sp³-hybridized carbons (Fsp3) is 0.350. The Morgan fingerprint density at radius 1 is 0.638 bits per heavy atom. The zero-order valence-corrected chi connectivity index (χ0v) is 31.0. The largest absolute Gasteiger partial charge is 4.00 e. The van der Waals surface area contributed by atoms with E-state index < -0.39 is 0 Å². The summed E-state index contributed by atoms with van der Waals surface area (Å²) in [6, 6.07) is 34.3. The van der Waals surface area contributed by atoms with Gasteiger partial charge < -0.3 is 31.3 Å². The van der Waals surface area contributed by atoms with Crippen molar-refractivity contribution in [3.05, 3.63) is 152 Å². The Balaban J connectivity index is 0.000000275. The molecule has 0 aliphatic carbocycles. The summed E-state index contributed by atoms with van der Waals surface area (Å²) in [5, 5.41) is 16.5. The standard InChI is InChI=1S/2C18H19N2.2C2H6N.Ti/c2*1-13-10-14(2)12-16(11-13)19-18-9-8-17(20-18)15-6-4-3-5-7-15;2*1-3-2;/h2*3-7,10-12,17H,8-9H2,1-2H3;2*1-2H3;/q4*-1;+4/t2*17-;;;/m11.../s1. The van der Waals surface area contributed by atoms with E-state index in [1.807, 2.05) is 12.1 Å². The van der Waals surface area contributed by atoms with Crippen molar-refractivity contribution in [1.29, 1.82) is 0 Å². The second-order valence-electron chi connectivity index (χ2n) is 11.8. The van der Waals surface area contributed by atoms with Gasteiger partial charge in [0, 0.05) is 0 Å². The number of hydrogen-bond acceptors (Lipinski definition) is 2. The monoisotopic (exact) mass is 662 g/mol. The Hall–Kier alpha value is -3.55. The Bertz CT molecular complexity index is 1490. The summed E-state index contributed by atoms with van der Waals surface area (Å²) < 4.78 is 0. The third-order valence-electron chi connectivity index (χ3n) is 7.19. The van der Waals surface area contributed by atoms with Gasteiger partial charge in [-0.25, -0.2) is 0 Å². The molecule has 6 nitrogen and oxygen atoms in total. The molecule has 2 aliphatic rings. The zero-order chi connectivity index (χ0) is 33.3. The van der Waals surface area contributed by atoms with Crippen molar-refractivity contribution in [2.75, 3.05) is 28.2 Å². The first kappa shape index (κ1) is 39.6. The van der Waals surface area contributed by atoms with Crippen molar-refractivity contribution in [3.63, 3.8) is 0 Å². The molecule has 2 heterocycles. The van der Waals surface area contributed by atoms with Gasteiger partial charge in [0.2, 0.25) is 0 Å². The number of benzene rings is 4. The topological polar surface area (TPSA) is 81.1 Å². The Morgan fingerprint density at radius 3 is 1.66 bits per heavy atom. The molecule has 7 heteroatoms. The number of amidine groups is 2. The van der Waals surface area contributed by atoms with Crippen LogP contribution in [0.25, 0.3) is 21.3 Å². The van der Waals surface area contributed by atoms with Gasteiger partial charge in [0.15, 0.2) is 0 Å². The van der Waals surface area contributed by atoms with Crippen LogP contribution in [0, 0.1) is 27.7 Å². The molecule has 2 atom stereocenters. The van der Waals surface area contributed by atoms with Crippen molar-refractivity contribution in [3.8, 4) is 0 Å². The summed E-state index contributed by atoms with van der Waals surface area (Å²) in [6.45, 7) is 8.43. The van der Waals surface area contributed by atoms with E-state index in [-0.39, 0.29) is 33.8 Å². The molecule has 0 unspecified atom stereocenters. The minimum absolute atomic E-state index is 0. The normalized spacial score (nSPS) is 16.9. The Kier molecular flexibility index (Phi) is 18.0. The minimum Gasteiger partial charge on any atom is -0.668 e. The van der Waals surface area contributed by atoms with Gasteiger partial charge in [0.05, 0.1) is 0 Å². The quantitative estimate of drug-likeness (QED) is 0.195. The molecule has 0 amide bonds. The van der Waals surface area contributed by atoms with Crippen LogP contribution in [0.15, 0.2) is 107 Å². The van der Waals surface area contributed by atoms with Crippen molar-refractivity contribution in [1.82, 2.24) is 0 Å². The van der Waals surface area contributed by atoms with Crippen LogP contribution in [-0.4, -0.2) is 39.9 Å². The Labute approximate surface area is 298 Å². The molecule has 0 saturated carbocycles. The summed E-state index contributed by atoms with van der Waals surface area (Å²) >= 11 is 0. The second kappa shape index (κ2) is 21.4. The molecular weight excluding hydrogens is 612 g/mol. The van der Waals surface area contributed by atoms with E-state index in [1.165, 1.54) is 33.4 Å². The van der Waals surface area contributed by atoms with E-state index in [1.54, 1.807) is 28.2 Å². The number of aryl methyl sites for hydroxylation is 4. The van der Waals surface area contributed by atoms with E-state index in [4.69, 9.17) is 20.6 Å². The van der Waals surface area contributed by atoms with Gasteiger partial charge in [-0.3, -0.25) is 0 Å². The predicted octanol–water partition coefficient (Wildman–Crippen LogP) is 11.7. The molecule has 2 aliphatic heterocycles. The van der Waals surface area contributed by atoms with E-state index in [0.717, 1.165) is 48.7 Å². The van der Waals surface area contributed by atoms with E-state index >= 15 is 0 Å². The molecular formula is C40H50N6Ti. The van der Waals surface area contributed by atoms with Crippen molar-refractivity contribution in [2.45, 2.75) is 65.5 Å². The van der Waals surface area contributed by atoms with Crippen LogP contribution in [0.1, 0.15) is 71.1 Å². The SMILES string of the molecule is C[N-]C.C[N-]C.Cc1cc(C)cc(N=C2CC[C@H](c3ccccc3)[N-]2)c1.Cc1cc(C)cc([N-]C2=N[C@@H](c3ccccc3)CC2)c1.[Ti+4]. The fourth-order valence-corrected chi connectivity index (χ4v) is 5.48. The smallest absolute Gasteiger partial charge is 0.668 e. The summed E-state index contributed by atoms with van der Waals surface area (Å²) in [6.07, 6.45) is 4.06. The average molecular weight is 663 g/mol. The maximum atomic E-state index is 4.76. The molecule has 1 fully saturated rings. The van der Waals surface area contributed by atoms with Gasteiger partial charge in [-0.1, -0.05) is 131 Å². The number of aliphatic imine (C=N–C) groups is 2. The molecule has 6 rings (SSSR count). The third kappa shape index (κ3) is 14.0. The van der Waals surface area contributed by atoms with Crippen molar-refractivity contribution in [2.24, 2.45) is 9.98 Å². The van der Waals surface area contributed by atoms with E-state index in [0.29, 0.717) is 0 Å². The first-order chi connectivity index (χ1) is 22.2. The Morgan fingerprint density at radius 2 is 1.13 bits per heavy atom. The summed E-state index contributed by atoms with van der Waals surface area (Å²) in [4.78, 5) is 9.47. The van der Waals surface area contributed by atoms with Crippen LogP contribution in [0.4, 0.5) is 11.4 Å².